The first-order chi connectivity index (χ1) is 14.6. The molecule has 1 fully saturated rings. The van der Waals surface area contributed by atoms with Crippen molar-refractivity contribution in [1.82, 2.24) is 9.80 Å². The molecule has 2 aliphatic rings. The molecule has 0 saturated carbocycles. The average Bonchev–Trinajstić information content (AvgIpc) is 3.20. The van der Waals surface area contributed by atoms with E-state index < -0.39 is 0 Å². The number of hydrogen-bond acceptors (Lipinski definition) is 5. The molecule has 1 saturated heterocycles. The highest BCUT2D eigenvalue weighted by molar-refractivity contribution is 5.77. The smallest absolute Gasteiger partial charge is 0.248 e. The number of anilines is 1. The van der Waals surface area contributed by atoms with Crippen molar-refractivity contribution in [1.29, 1.82) is 0 Å². The van der Waals surface area contributed by atoms with Crippen LogP contribution in [0.3, 0.4) is 0 Å². The predicted octanol–water partition coefficient (Wildman–Crippen LogP) is 2.83. The Hall–Kier alpha value is -2.41. The van der Waals surface area contributed by atoms with E-state index in [1.807, 2.05) is 37.4 Å². The van der Waals surface area contributed by atoms with Gasteiger partial charge in [-0.1, -0.05) is 48.5 Å². The third-order valence-corrected chi connectivity index (χ3v) is 6.16. The summed E-state index contributed by atoms with van der Waals surface area (Å²) >= 11 is 0. The molecule has 160 valence electrons. The zero-order valence-corrected chi connectivity index (χ0v) is 17.5. The summed E-state index contributed by atoms with van der Waals surface area (Å²) in [7, 11) is 1.85. The van der Waals surface area contributed by atoms with Crippen molar-refractivity contribution < 1.29 is 14.6 Å². The van der Waals surface area contributed by atoms with Crippen molar-refractivity contribution in [2.75, 3.05) is 45.2 Å². The minimum atomic E-state index is -0.272. The summed E-state index contributed by atoms with van der Waals surface area (Å²) in [6.45, 7) is 3.12. The average molecular weight is 410 g/mol. The molecule has 6 nitrogen and oxygen atoms in total. The number of carbonyl (C=O) groups is 1. The number of carbonyl (C=O) groups excluding carboxylic acids is 1. The standard InChI is InChI=1S/C24H31N3O3/c1-26(22(18-7-3-2-4-8-18)16-27-14-12-19(28)15-27)24(29)17-30-23-11-13-25-21-10-6-5-9-20(21)23/h2-10,19,22-23,25,28H,11-17H2,1H3/t19-,22+,23?/m0/s1. The highest BCUT2D eigenvalue weighted by atomic mass is 16.5. The highest BCUT2D eigenvalue weighted by Crippen LogP contribution is 2.32. The molecule has 0 spiro atoms. The van der Waals surface area contributed by atoms with Crippen LogP contribution in [0.5, 0.6) is 0 Å². The van der Waals surface area contributed by atoms with Crippen molar-refractivity contribution in [3.05, 3.63) is 65.7 Å². The molecule has 0 radical (unpaired) electrons. The van der Waals surface area contributed by atoms with Crippen molar-refractivity contribution >= 4 is 11.6 Å². The van der Waals surface area contributed by atoms with Gasteiger partial charge in [0.25, 0.3) is 0 Å². The fraction of sp³-hybridized carbons (Fsp3) is 0.458. The maximum Gasteiger partial charge on any atom is 0.248 e. The summed E-state index contributed by atoms with van der Waals surface area (Å²) < 4.78 is 6.08. The quantitative estimate of drug-likeness (QED) is 0.736. The number of nitrogens with one attached hydrogen (secondary N) is 1. The van der Waals surface area contributed by atoms with Crippen molar-refractivity contribution in [3.8, 4) is 0 Å². The van der Waals surface area contributed by atoms with Crippen LogP contribution in [-0.4, -0.2) is 66.8 Å². The van der Waals surface area contributed by atoms with E-state index in [0.29, 0.717) is 13.1 Å². The zero-order chi connectivity index (χ0) is 20.9. The monoisotopic (exact) mass is 409 g/mol. The minimum absolute atomic E-state index is 0.0281. The SMILES string of the molecule is CN(C(=O)COC1CCNc2ccccc21)[C@H](CN1CC[C@H](O)C1)c1ccccc1. The highest BCUT2D eigenvalue weighted by Gasteiger charge is 2.29. The lowest BCUT2D eigenvalue weighted by Crippen LogP contribution is -2.40. The summed E-state index contributed by atoms with van der Waals surface area (Å²) in [6, 6.07) is 18.2. The lowest BCUT2D eigenvalue weighted by molar-refractivity contribution is -0.139. The summed E-state index contributed by atoms with van der Waals surface area (Å²) in [4.78, 5) is 17.1. The number of hydrogen-bond donors (Lipinski definition) is 2. The van der Waals surface area contributed by atoms with Crippen LogP contribution in [0.1, 0.15) is 36.1 Å². The fourth-order valence-corrected chi connectivity index (χ4v) is 4.40. The fourth-order valence-electron chi connectivity index (χ4n) is 4.40. The molecule has 6 heteroatoms. The number of likely N-dealkylation sites (N-methyl/N-ethyl adjacent to an activating group) is 1. The number of rotatable bonds is 7. The number of benzene rings is 2. The van der Waals surface area contributed by atoms with Crippen molar-refractivity contribution in [3.63, 3.8) is 0 Å². The van der Waals surface area contributed by atoms with Crippen LogP contribution in [0, 0.1) is 0 Å². The molecule has 2 aromatic rings. The Balaban J connectivity index is 1.42. The van der Waals surface area contributed by atoms with Crippen LogP contribution in [0.15, 0.2) is 54.6 Å². The Kier molecular flexibility index (Phi) is 6.67. The van der Waals surface area contributed by atoms with Crippen LogP contribution in [0.4, 0.5) is 5.69 Å². The maximum absolute atomic E-state index is 13.1. The van der Waals surface area contributed by atoms with E-state index in [4.69, 9.17) is 4.74 Å². The van der Waals surface area contributed by atoms with E-state index in [1.165, 1.54) is 0 Å². The van der Waals surface area contributed by atoms with Gasteiger partial charge in [0.1, 0.15) is 6.61 Å². The second-order valence-electron chi connectivity index (χ2n) is 8.24. The van der Waals surface area contributed by atoms with E-state index in [2.05, 4.69) is 34.5 Å². The van der Waals surface area contributed by atoms with Gasteiger partial charge < -0.3 is 20.1 Å². The molecular weight excluding hydrogens is 378 g/mol. The summed E-state index contributed by atoms with van der Waals surface area (Å²) in [5.74, 6) is -0.0281. The molecule has 2 N–H and O–H groups in total. The van der Waals surface area contributed by atoms with Gasteiger partial charge in [0, 0.05) is 44.5 Å². The molecule has 2 aliphatic heterocycles. The molecule has 1 unspecified atom stereocenters. The van der Waals surface area contributed by atoms with Crippen molar-refractivity contribution in [2.24, 2.45) is 0 Å². The van der Waals surface area contributed by atoms with Crippen LogP contribution < -0.4 is 5.32 Å². The zero-order valence-electron chi connectivity index (χ0n) is 17.5. The van der Waals surface area contributed by atoms with Gasteiger partial charge in [0.15, 0.2) is 0 Å². The first-order valence-electron chi connectivity index (χ1n) is 10.8. The van der Waals surface area contributed by atoms with E-state index in [1.54, 1.807) is 4.90 Å². The van der Waals surface area contributed by atoms with Gasteiger partial charge in [-0.3, -0.25) is 9.69 Å². The van der Waals surface area contributed by atoms with Gasteiger partial charge in [0.05, 0.1) is 18.2 Å². The van der Waals surface area contributed by atoms with Gasteiger partial charge in [-0.2, -0.15) is 0 Å². The maximum atomic E-state index is 13.1. The molecule has 30 heavy (non-hydrogen) atoms. The van der Waals surface area contributed by atoms with Crippen LogP contribution in [-0.2, 0) is 9.53 Å². The van der Waals surface area contributed by atoms with Crippen LogP contribution in [0.25, 0.3) is 0 Å². The molecule has 0 aromatic heterocycles. The first-order valence-corrected chi connectivity index (χ1v) is 10.8. The Bertz CT molecular complexity index is 845. The number of aliphatic hydroxyl groups excluding tert-OH is 1. The van der Waals surface area contributed by atoms with E-state index in [-0.39, 0.29) is 30.8 Å². The Morgan fingerprint density at radius 2 is 1.97 bits per heavy atom. The summed E-state index contributed by atoms with van der Waals surface area (Å²) in [5, 5.41) is 13.3. The van der Waals surface area contributed by atoms with E-state index >= 15 is 0 Å². The number of amides is 1. The lowest BCUT2D eigenvalue weighted by atomic mass is 10.0. The van der Waals surface area contributed by atoms with Gasteiger partial charge in [0.2, 0.25) is 5.91 Å². The van der Waals surface area contributed by atoms with E-state index in [0.717, 1.165) is 42.7 Å². The second kappa shape index (κ2) is 9.60. The molecule has 0 bridgehead atoms. The number of β-amino-alcohol motifs (C(OH)–C–C–N with tert-alkyl or cyclic N) is 1. The number of ether oxygens (including phenoxy) is 1. The molecule has 4 rings (SSSR count). The van der Waals surface area contributed by atoms with Gasteiger partial charge in [-0.15, -0.1) is 0 Å². The molecule has 1 amide bonds. The largest absolute Gasteiger partial charge is 0.392 e. The second-order valence-corrected chi connectivity index (χ2v) is 8.24. The Morgan fingerprint density at radius 3 is 2.73 bits per heavy atom. The Morgan fingerprint density at radius 1 is 1.20 bits per heavy atom. The van der Waals surface area contributed by atoms with Crippen LogP contribution >= 0.6 is 0 Å². The lowest BCUT2D eigenvalue weighted by Gasteiger charge is -2.33. The Labute approximate surface area is 178 Å². The minimum Gasteiger partial charge on any atom is -0.392 e. The summed E-state index contributed by atoms with van der Waals surface area (Å²) in [6.07, 6.45) is 1.30. The molecule has 2 aromatic carbocycles. The number of para-hydroxylation sites is 1. The molecule has 2 heterocycles. The van der Waals surface area contributed by atoms with Crippen molar-refractivity contribution in [2.45, 2.75) is 31.1 Å². The van der Waals surface area contributed by atoms with Gasteiger partial charge in [-0.25, -0.2) is 0 Å². The van der Waals surface area contributed by atoms with Gasteiger partial charge >= 0.3 is 0 Å². The predicted molar refractivity (Wildman–Crippen MR) is 117 cm³/mol. The third kappa shape index (κ3) is 4.83. The van der Waals surface area contributed by atoms with Gasteiger partial charge in [-0.05, 0) is 24.5 Å². The number of likely N-dealkylation sites (tertiary alicyclic amines) is 1. The number of nitrogens with zero attached hydrogens (tertiary/aromatic N) is 2. The number of aliphatic hydroxyl groups is 1. The van der Waals surface area contributed by atoms with E-state index in [9.17, 15) is 9.90 Å². The summed E-state index contributed by atoms with van der Waals surface area (Å²) in [5.41, 5.74) is 3.30. The third-order valence-electron chi connectivity index (χ3n) is 6.16. The topological polar surface area (TPSA) is 65.0 Å². The number of fused-ring (bicyclic) bond motifs is 1. The molecule has 0 aliphatic carbocycles. The molecular formula is C24H31N3O3. The van der Waals surface area contributed by atoms with Crippen LogP contribution in [0.2, 0.25) is 0 Å². The first kappa shape index (κ1) is 20.8. The molecule has 3 atom stereocenters. The normalized spacial score (nSPS) is 22.2.